The predicted octanol–water partition coefficient (Wildman–Crippen LogP) is 5.46. The molecule has 0 unspecified atom stereocenters. The van der Waals surface area contributed by atoms with Gasteiger partial charge in [0.05, 0.1) is 11.8 Å². The molecule has 2 N–H and O–H groups in total. The van der Waals surface area contributed by atoms with Crippen LogP contribution in [0.25, 0.3) is 5.65 Å². The van der Waals surface area contributed by atoms with E-state index in [9.17, 15) is 9.59 Å². The number of aliphatic imine (C=N–C) groups is 1. The number of imidazole rings is 1. The van der Waals surface area contributed by atoms with Crippen LogP contribution in [0.2, 0.25) is 0 Å². The second kappa shape index (κ2) is 10.6. The van der Waals surface area contributed by atoms with Crippen LogP contribution in [0.3, 0.4) is 0 Å². The summed E-state index contributed by atoms with van der Waals surface area (Å²) in [4.78, 5) is 38.3. The van der Waals surface area contributed by atoms with E-state index in [0.29, 0.717) is 39.9 Å². The van der Waals surface area contributed by atoms with Crippen molar-refractivity contribution in [3.05, 3.63) is 108 Å². The number of pyridine rings is 1. The van der Waals surface area contributed by atoms with Gasteiger partial charge in [0, 0.05) is 54.0 Å². The maximum Gasteiger partial charge on any atom is 0.258 e. The van der Waals surface area contributed by atoms with E-state index in [1.807, 2.05) is 31.3 Å². The van der Waals surface area contributed by atoms with E-state index in [4.69, 9.17) is 4.74 Å². The Hall–Kier alpha value is -5.38. The Kier molecular flexibility index (Phi) is 6.72. The van der Waals surface area contributed by atoms with Gasteiger partial charge in [-0.25, -0.2) is 9.50 Å². The molecule has 1 aliphatic rings. The van der Waals surface area contributed by atoms with Crippen molar-refractivity contribution in [2.45, 2.75) is 25.2 Å². The van der Waals surface area contributed by atoms with E-state index in [2.05, 4.69) is 30.7 Å². The third kappa shape index (κ3) is 5.67. The number of fused-ring (bicyclic) bond motifs is 1. The van der Waals surface area contributed by atoms with Gasteiger partial charge >= 0.3 is 0 Å². The molecule has 204 valence electrons. The number of carbonyl (C=O) groups is 2. The molecule has 0 saturated heterocycles. The molecule has 0 bridgehead atoms. The number of hydrogen-bond donors (Lipinski definition) is 2. The number of ether oxygens (including phenoxy) is 1. The highest BCUT2D eigenvalue weighted by molar-refractivity contribution is 6.05. The van der Waals surface area contributed by atoms with Gasteiger partial charge in [0.1, 0.15) is 5.75 Å². The number of rotatable bonds is 8. The fourth-order valence-electron chi connectivity index (χ4n) is 4.58. The first-order chi connectivity index (χ1) is 19.9. The van der Waals surface area contributed by atoms with Gasteiger partial charge in [-0.05, 0) is 67.8 Å². The Labute approximate surface area is 236 Å². The van der Waals surface area contributed by atoms with Crippen LogP contribution in [0, 0.1) is 6.92 Å². The summed E-state index contributed by atoms with van der Waals surface area (Å²) in [6.45, 7) is 1.86. The molecule has 2 amide bonds. The van der Waals surface area contributed by atoms with Crippen LogP contribution in [0.4, 0.5) is 11.5 Å². The van der Waals surface area contributed by atoms with Gasteiger partial charge in [0.2, 0.25) is 5.88 Å². The van der Waals surface area contributed by atoms with Crippen LogP contribution < -0.4 is 15.4 Å². The van der Waals surface area contributed by atoms with Crippen molar-refractivity contribution in [2.75, 3.05) is 17.7 Å². The quantitative estimate of drug-likeness (QED) is 0.250. The molecule has 3 heterocycles. The van der Waals surface area contributed by atoms with Crippen molar-refractivity contribution in [2.24, 2.45) is 4.99 Å². The number of benzene rings is 2. The zero-order valence-electron chi connectivity index (χ0n) is 22.5. The Morgan fingerprint density at radius 1 is 0.976 bits per heavy atom. The lowest BCUT2D eigenvalue weighted by Crippen LogP contribution is -2.14. The number of anilines is 2. The Bertz CT molecular complexity index is 1790. The van der Waals surface area contributed by atoms with Gasteiger partial charge in [0.25, 0.3) is 11.8 Å². The summed E-state index contributed by atoms with van der Waals surface area (Å²) >= 11 is 0. The van der Waals surface area contributed by atoms with Crippen molar-refractivity contribution in [3.63, 3.8) is 0 Å². The Morgan fingerprint density at radius 3 is 2.59 bits per heavy atom. The number of nitrogens with zero attached hydrogens (tertiary/aromatic N) is 5. The number of aromatic nitrogens is 4. The van der Waals surface area contributed by atoms with Crippen LogP contribution in [-0.2, 0) is 5.41 Å². The largest absolute Gasteiger partial charge is 0.438 e. The fraction of sp³-hybridized carbons (Fsp3) is 0.161. The third-order valence-electron chi connectivity index (χ3n) is 6.89. The van der Waals surface area contributed by atoms with Gasteiger partial charge < -0.3 is 15.4 Å². The maximum atomic E-state index is 13.0. The molecule has 41 heavy (non-hydrogen) atoms. The SMILES string of the molecule is CN=CC1(c2cccc(C(=O)Nc3cccc(Oc4ccc5nc(NC(=O)c6ccc(C)nc6)cn5n4)c3)c2)CC1. The second-order valence-electron chi connectivity index (χ2n) is 9.95. The van der Waals surface area contributed by atoms with Gasteiger partial charge in [-0.3, -0.25) is 19.6 Å². The smallest absolute Gasteiger partial charge is 0.258 e. The summed E-state index contributed by atoms with van der Waals surface area (Å²) in [5.41, 5.74) is 4.02. The minimum absolute atomic E-state index is 0.0485. The highest BCUT2D eigenvalue weighted by Gasteiger charge is 2.42. The van der Waals surface area contributed by atoms with Crippen molar-refractivity contribution in [3.8, 4) is 11.6 Å². The van der Waals surface area contributed by atoms with Crippen molar-refractivity contribution >= 4 is 35.2 Å². The summed E-state index contributed by atoms with van der Waals surface area (Å²) in [6.07, 6.45) is 7.17. The maximum absolute atomic E-state index is 13.0. The van der Waals surface area contributed by atoms with E-state index >= 15 is 0 Å². The lowest BCUT2D eigenvalue weighted by Gasteiger charge is -2.12. The molecule has 1 aliphatic carbocycles. The summed E-state index contributed by atoms with van der Waals surface area (Å²) in [6, 6.07) is 21.7. The van der Waals surface area contributed by atoms with E-state index in [-0.39, 0.29) is 17.2 Å². The van der Waals surface area contributed by atoms with Gasteiger partial charge in [-0.15, -0.1) is 5.10 Å². The lowest BCUT2D eigenvalue weighted by molar-refractivity contribution is 0.101. The molecule has 5 aromatic rings. The van der Waals surface area contributed by atoms with E-state index in [1.54, 1.807) is 67.8 Å². The van der Waals surface area contributed by atoms with E-state index < -0.39 is 0 Å². The van der Waals surface area contributed by atoms with Gasteiger partial charge in [-0.2, -0.15) is 0 Å². The monoisotopic (exact) mass is 545 g/mol. The highest BCUT2D eigenvalue weighted by atomic mass is 16.5. The van der Waals surface area contributed by atoms with Crippen molar-refractivity contribution in [1.82, 2.24) is 19.6 Å². The molecule has 0 atom stereocenters. The first-order valence-electron chi connectivity index (χ1n) is 13.1. The normalized spacial score (nSPS) is 13.7. The molecular weight excluding hydrogens is 518 g/mol. The zero-order valence-corrected chi connectivity index (χ0v) is 22.5. The molecule has 0 radical (unpaired) electrons. The number of hydrogen-bond acceptors (Lipinski definition) is 7. The molecule has 1 fully saturated rings. The van der Waals surface area contributed by atoms with Crippen molar-refractivity contribution < 1.29 is 14.3 Å². The minimum Gasteiger partial charge on any atom is -0.438 e. The minimum atomic E-state index is -0.315. The highest BCUT2D eigenvalue weighted by Crippen LogP contribution is 2.46. The number of aryl methyl sites for hydroxylation is 1. The summed E-state index contributed by atoms with van der Waals surface area (Å²) in [5, 5.41) is 10.2. The van der Waals surface area contributed by atoms with Crippen LogP contribution in [0.5, 0.6) is 11.6 Å². The van der Waals surface area contributed by atoms with E-state index in [1.165, 1.54) is 10.7 Å². The van der Waals surface area contributed by atoms with Crippen LogP contribution >= 0.6 is 0 Å². The number of carbonyl (C=O) groups excluding carboxylic acids is 2. The summed E-state index contributed by atoms with van der Waals surface area (Å²) in [5.74, 6) is 0.648. The first kappa shape index (κ1) is 25.9. The molecule has 0 aliphatic heterocycles. The average molecular weight is 546 g/mol. The van der Waals surface area contributed by atoms with Crippen LogP contribution in [-0.4, -0.2) is 44.7 Å². The third-order valence-corrected chi connectivity index (χ3v) is 6.89. The van der Waals surface area contributed by atoms with E-state index in [0.717, 1.165) is 24.1 Å². The van der Waals surface area contributed by atoms with Crippen molar-refractivity contribution in [1.29, 1.82) is 0 Å². The average Bonchev–Trinajstić information content (AvgIpc) is 3.65. The Morgan fingerprint density at radius 2 is 1.80 bits per heavy atom. The topological polar surface area (TPSA) is 123 Å². The summed E-state index contributed by atoms with van der Waals surface area (Å²) < 4.78 is 7.48. The first-order valence-corrected chi connectivity index (χ1v) is 13.1. The van der Waals surface area contributed by atoms with Gasteiger partial charge in [-0.1, -0.05) is 18.2 Å². The Balaban J connectivity index is 1.13. The lowest BCUT2D eigenvalue weighted by atomic mass is 9.95. The molecule has 2 aromatic carbocycles. The fourth-order valence-corrected chi connectivity index (χ4v) is 4.58. The van der Waals surface area contributed by atoms with Crippen LogP contribution in [0.1, 0.15) is 44.8 Å². The predicted molar refractivity (Wildman–Crippen MR) is 156 cm³/mol. The number of amides is 2. The molecule has 6 rings (SSSR count). The van der Waals surface area contributed by atoms with Gasteiger partial charge in [0.15, 0.2) is 11.5 Å². The standard InChI is InChI=1S/C31H27N7O3/c1-20-9-10-22(17-33-20)30(40)36-26-18-38-27(35-26)11-12-28(37-38)41-25-8-4-7-24(16-25)34-29(39)21-5-3-6-23(15-21)31(13-14-31)19-32-2/h3-12,15-19H,13-14H2,1-2H3,(H,34,39)(H,36,40). The molecule has 1 saturated carbocycles. The molecule has 3 aromatic heterocycles. The second-order valence-corrected chi connectivity index (χ2v) is 9.95. The molecule has 10 heteroatoms. The van der Waals surface area contributed by atoms with Crippen LogP contribution in [0.15, 0.2) is 90.2 Å². The molecule has 0 spiro atoms. The zero-order chi connectivity index (χ0) is 28.4. The summed E-state index contributed by atoms with van der Waals surface area (Å²) in [7, 11) is 1.77. The number of nitrogens with one attached hydrogen (secondary N) is 2. The molecule has 10 nitrogen and oxygen atoms in total. The molecular formula is C31H27N7O3.